The highest BCUT2D eigenvalue weighted by Crippen LogP contribution is 2.35. The summed E-state index contributed by atoms with van der Waals surface area (Å²) >= 11 is 0. The Labute approximate surface area is 202 Å². The molecule has 1 N–H and O–H groups in total. The Bertz CT molecular complexity index is 1330. The van der Waals surface area contributed by atoms with Gasteiger partial charge in [-0.05, 0) is 37.1 Å². The van der Waals surface area contributed by atoms with Crippen molar-refractivity contribution in [1.29, 1.82) is 0 Å². The van der Waals surface area contributed by atoms with E-state index in [2.05, 4.69) is 27.3 Å². The number of amides is 3. The molecule has 2 atom stereocenters. The summed E-state index contributed by atoms with van der Waals surface area (Å²) in [6.07, 6.45) is 3.47. The molecule has 0 aliphatic carbocycles. The number of para-hydroxylation sites is 1. The summed E-state index contributed by atoms with van der Waals surface area (Å²) in [6.45, 7) is 2.72. The first kappa shape index (κ1) is 21.6. The van der Waals surface area contributed by atoms with Crippen molar-refractivity contribution < 1.29 is 19.1 Å². The van der Waals surface area contributed by atoms with Crippen molar-refractivity contribution in [3.8, 4) is 5.75 Å². The molecule has 4 heterocycles. The van der Waals surface area contributed by atoms with Crippen molar-refractivity contribution in [3.05, 3.63) is 65.9 Å². The van der Waals surface area contributed by atoms with Gasteiger partial charge in [-0.2, -0.15) is 0 Å². The molecule has 3 aliphatic rings. The maximum absolute atomic E-state index is 13.0. The Balaban J connectivity index is 1.14. The number of piperidine rings is 1. The first-order valence-corrected chi connectivity index (χ1v) is 12.1. The lowest BCUT2D eigenvalue weighted by molar-refractivity contribution is -0.136. The Morgan fingerprint density at radius 1 is 1.03 bits per heavy atom. The monoisotopic (exact) mass is 470 g/mol. The minimum absolute atomic E-state index is 0.184. The smallest absolute Gasteiger partial charge is 0.255 e. The first-order chi connectivity index (χ1) is 17.1. The maximum atomic E-state index is 13.0. The number of carbonyl (C=O) groups excluding carboxylic acids is 3. The molecule has 2 aromatic carbocycles. The highest BCUT2D eigenvalue weighted by molar-refractivity contribution is 6.05. The SMILES string of the molecule is O=C1CCC(N2Cc3c(OCC4CCN(c5ccnc6ccccc56)C4)cccc3C2=O)C(=O)N1. The molecule has 35 heavy (non-hydrogen) atoms. The predicted octanol–water partition coefficient (Wildman–Crippen LogP) is 2.90. The quantitative estimate of drug-likeness (QED) is 0.577. The minimum atomic E-state index is -0.626. The molecular weight excluding hydrogens is 444 g/mol. The molecule has 6 rings (SSSR count). The molecule has 3 aromatic rings. The number of pyridine rings is 1. The summed E-state index contributed by atoms with van der Waals surface area (Å²) in [6, 6.07) is 15.1. The van der Waals surface area contributed by atoms with Gasteiger partial charge in [-0.3, -0.25) is 24.7 Å². The van der Waals surface area contributed by atoms with Crippen molar-refractivity contribution in [3.63, 3.8) is 0 Å². The van der Waals surface area contributed by atoms with Crippen LogP contribution in [-0.2, 0) is 16.1 Å². The van der Waals surface area contributed by atoms with Gasteiger partial charge in [-0.15, -0.1) is 0 Å². The molecule has 178 valence electrons. The van der Waals surface area contributed by atoms with E-state index in [0.717, 1.165) is 36.0 Å². The van der Waals surface area contributed by atoms with Crippen LogP contribution in [0.2, 0.25) is 0 Å². The Hall–Kier alpha value is -3.94. The number of hydrogen-bond donors (Lipinski definition) is 1. The summed E-state index contributed by atoms with van der Waals surface area (Å²) in [5.74, 6) is 0.181. The summed E-state index contributed by atoms with van der Waals surface area (Å²) in [4.78, 5) is 45.3. The minimum Gasteiger partial charge on any atom is -0.493 e. The van der Waals surface area contributed by atoms with Crippen molar-refractivity contribution in [2.75, 3.05) is 24.6 Å². The predicted molar refractivity (Wildman–Crippen MR) is 130 cm³/mol. The Kier molecular flexibility index (Phi) is 5.36. The van der Waals surface area contributed by atoms with Crippen LogP contribution in [0.5, 0.6) is 5.75 Å². The van der Waals surface area contributed by atoms with E-state index in [-0.39, 0.29) is 18.2 Å². The number of nitrogens with one attached hydrogen (secondary N) is 1. The Morgan fingerprint density at radius 3 is 2.80 bits per heavy atom. The van der Waals surface area contributed by atoms with Gasteiger partial charge in [0.25, 0.3) is 5.91 Å². The van der Waals surface area contributed by atoms with Crippen LogP contribution in [0.15, 0.2) is 54.7 Å². The number of benzene rings is 2. The Morgan fingerprint density at radius 2 is 1.91 bits per heavy atom. The summed E-state index contributed by atoms with van der Waals surface area (Å²) < 4.78 is 6.26. The largest absolute Gasteiger partial charge is 0.493 e. The number of imide groups is 1. The molecule has 2 fully saturated rings. The van der Waals surface area contributed by atoms with Crippen LogP contribution < -0.4 is 15.0 Å². The first-order valence-electron chi connectivity index (χ1n) is 12.1. The third-order valence-electron chi connectivity index (χ3n) is 7.27. The lowest BCUT2D eigenvalue weighted by atomic mass is 10.0. The fourth-order valence-corrected chi connectivity index (χ4v) is 5.44. The van der Waals surface area contributed by atoms with Crippen LogP contribution in [0, 0.1) is 5.92 Å². The molecule has 3 aliphatic heterocycles. The highest BCUT2D eigenvalue weighted by Gasteiger charge is 2.40. The van der Waals surface area contributed by atoms with Crippen molar-refractivity contribution >= 4 is 34.3 Å². The van der Waals surface area contributed by atoms with Crippen LogP contribution in [0.4, 0.5) is 5.69 Å². The van der Waals surface area contributed by atoms with E-state index in [1.165, 1.54) is 5.69 Å². The molecule has 0 saturated carbocycles. The lowest BCUT2D eigenvalue weighted by Gasteiger charge is -2.29. The average molecular weight is 471 g/mol. The van der Waals surface area contributed by atoms with Crippen LogP contribution in [0.25, 0.3) is 10.9 Å². The van der Waals surface area contributed by atoms with Gasteiger partial charge in [0.1, 0.15) is 11.8 Å². The van der Waals surface area contributed by atoms with E-state index < -0.39 is 11.9 Å². The molecule has 2 unspecified atom stereocenters. The molecular formula is C27H26N4O4. The number of aromatic nitrogens is 1. The molecule has 0 bridgehead atoms. The standard InChI is InChI=1S/C27H26N4O4/c32-25-9-8-23(26(33)29-25)31-15-20-18(27(31)34)5-3-7-24(20)35-16-17-11-13-30(14-17)22-10-12-28-21-6-2-1-4-19(21)22/h1-7,10,12,17,23H,8-9,11,13-16H2,(H,29,32,33). The number of hydrogen-bond acceptors (Lipinski definition) is 6. The van der Waals surface area contributed by atoms with Crippen LogP contribution in [0.3, 0.4) is 0 Å². The zero-order valence-electron chi connectivity index (χ0n) is 19.3. The van der Waals surface area contributed by atoms with Gasteiger partial charge in [-0.25, -0.2) is 0 Å². The summed E-state index contributed by atoms with van der Waals surface area (Å²) in [5, 5.41) is 3.50. The number of anilines is 1. The number of fused-ring (bicyclic) bond motifs is 2. The van der Waals surface area contributed by atoms with Gasteiger partial charge in [0.15, 0.2) is 0 Å². The third-order valence-corrected chi connectivity index (χ3v) is 7.27. The fraction of sp³-hybridized carbons (Fsp3) is 0.333. The highest BCUT2D eigenvalue weighted by atomic mass is 16.5. The van der Waals surface area contributed by atoms with Gasteiger partial charge in [0.05, 0.1) is 18.7 Å². The number of ether oxygens (including phenoxy) is 1. The second-order valence-electron chi connectivity index (χ2n) is 9.44. The topological polar surface area (TPSA) is 91.8 Å². The van der Waals surface area contributed by atoms with Gasteiger partial charge in [-0.1, -0.05) is 24.3 Å². The molecule has 3 amide bonds. The lowest BCUT2D eigenvalue weighted by Crippen LogP contribution is -2.52. The van der Waals surface area contributed by atoms with Gasteiger partial charge >= 0.3 is 0 Å². The third kappa shape index (κ3) is 3.88. The fourth-order valence-electron chi connectivity index (χ4n) is 5.44. The summed E-state index contributed by atoms with van der Waals surface area (Å²) in [7, 11) is 0. The normalized spacial score (nSPS) is 22.0. The van der Waals surface area contributed by atoms with E-state index in [1.807, 2.05) is 36.5 Å². The van der Waals surface area contributed by atoms with E-state index in [9.17, 15) is 14.4 Å². The van der Waals surface area contributed by atoms with E-state index in [4.69, 9.17) is 4.74 Å². The van der Waals surface area contributed by atoms with Crippen molar-refractivity contribution in [1.82, 2.24) is 15.2 Å². The molecule has 0 radical (unpaired) electrons. The van der Waals surface area contributed by atoms with Crippen LogP contribution in [-0.4, -0.2) is 53.3 Å². The zero-order valence-corrected chi connectivity index (χ0v) is 19.3. The van der Waals surface area contributed by atoms with Gasteiger partial charge < -0.3 is 14.5 Å². The number of carbonyl (C=O) groups is 3. The maximum Gasteiger partial charge on any atom is 0.255 e. The van der Waals surface area contributed by atoms with Crippen LogP contribution >= 0.6 is 0 Å². The zero-order chi connectivity index (χ0) is 23.9. The summed E-state index contributed by atoms with van der Waals surface area (Å²) in [5.41, 5.74) is 3.58. The van der Waals surface area contributed by atoms with E-state index in [0.29, 0.717) is 36.8 Å². The second-order valence-corrected chi connectivity index (χ2v) is 9.44. The second kappa shape index (κ2) is 8.69. The molecule has 1 aromatic heterocycles. The molecule has 8 heteroatoms. The number of nitrogens with zero attached hydrogens (tertiary/aromatic N) is 3. The van der Waals surface area contributed by atoms with Crippen molar-refractivity contribution in [2.24, 2.45) is 5.92 Å². The molecule has 0 spiro atoms. The number of rotatable bonds is 5. The van der Waals surface area contributed by atoms with Crippen molar-refractivity contribution in [2.45, 2.75) is 31.8 Å². The molecule has 2 saturated heterocycles. The van der Waals surface area contributed by atoms with Gasteiger partial charge in [0.2, 0.25) is 11.8 Å². The van der Waals surface area contributed by atoms with Gasteiger partial charge in [0, 0.05) is 53.8 Å². The van der Waals surface area contributed by atoms with Crippen LogP contribution in [0.1, 0.15) is 35.2 Å². The average Bonchev–Trinajstić information content (AvgIpc) is 3.47. The molecule has 8 nitrogen and oxygen atoms in total. The van der Waals surface area contributed by atoms with E-state index >= 15 is 0 Å². The van der Waals surface area contributed by atoms with E-state index in [1.54, 1.807) is 11.0 Å².